The van der Waals surface area contributed by atoms with E-state index in [0.29, 0.717) is 12.2 Å². The first-order chi connectivity index (χ1) is 8.70. The van der Waals surface area contributed by atoms with Gasteiger partial charge in [-0.3, -0.25) is 0 Å². The zero-order chi connectivity index (χ0) is 13.0. The Balaban J connectivity index is 2.08. The summed E-state index contributed by atoms with van der Waals surface area (Å²) in [7, 11) is 3.26. The molecule has 0 aliphatic carbocycles. The molecule has 2 rings (SSSR count). The molecule has 1 heterocycles. The summed E-state index contributed by atoms with van der Waals surface area (Å²) in [5.41, 5.74) is 0.927. The van der Waals surface area contributed by atoms with Gasteiger partial charge in [0.05, 0.1) is 13.2 Å². The Morgan fingerprint density at radius 3 is 2.61 bits per heavy atom. The number of aromatic nitrogens is 4. The first-order valence-corrected chi connectivity index (χ1v) is 5.69. The van der Waals surface area contributed by atoms with E-state index in [1.54, 1.807) is 14.2 Å². The average molecular weight is 248 g/mol. The van der Waals surface area contributed by atoms with Crippen LogP contribution in [-0.2, 0) is 18.2 Å². The van der Waals surface area contributed by atoms with Gasteiger partial charge in [-0.05, 0) is 10.8 Å². The summed E-state index contributed by atoms with van der Waals surface area (Å²) >= 11 is 0. The van der Waals surface area contributed by atoms with Crippen molar-refractivity contribution in [2.24, 2.45) is 7.05 Å². The number of aryl methyl sites for hydroxylation is 1. The van der Waals surface area contributed by atoms with E-state index in [1.807, 2.05) is 30.3 Å². The number of hydrogen-bond donors (Lipinski definition) is 1. The Labute approximate surface area is 105 Å². The number of hydrogen-bond acceptors (Lipinski definition) is 5. The molecule has 6 heteroatoms. The summed E-state index contributed by atoms with van der Waals surface area (Å²) in [4.78, 5) is 1.37. The molecule has 0 fully saturated rings. The number of tetrazole rings is 1. The molecule has 6 nitrogen and oxygen atoms in total. The third-order valence-electron chi connectivity index (χ3n) is 2.67. The number of nitrogens with zero attached hydrogens (tertiary/aromatic N) is 4. The van der Waals surface area contributed by atoms with Gasteiger partial charge in [0.25, 0.3) is 0 Å². The number of aliphatic hydroxyl groups is 1. The lowest BCUT2D eigenvalue weighted by Gasteiger charge is -2.20. The molecular formula is C12H16N4O2. The molecule has 18 heavy (non-hydrogen) atoms. The van der Waals surface area contributed by atoms with Gasteiger partial charge < -0.3 is 9.84 Å². The molecule has 2 atom stereocenters. The first-order valence-electron chi connectivity index (χ1n) is 5.69. The van der Waals surface area contributed by atoms with Gasteiger partial charge in [-0.25, -0.2) is 0 Å². The van der Waals surface area contributed by atoms with Crippen molar-refractivity contribution in [2.45, 2.75) is 18.6 Å². The molecule has 2 unspecified atom stereocenters. The maximum absolute atomic E-state index is 10.2. The second-order valence-electron chi connectivity index (χ2n) is 4.03. The van der Waals surface area contributed by atoms with Crippen LogP contribution in [0.5, 0.6) is 0 Å². The summed E-state index contributed by atoms with van der Waals surface area (Å²) < 4.78 is 5.34. The van der Waals surface area contributed by atoms with Crippen LogP contribution in [0, 0.1) is 0 Å². The monoisotopic (exact) mass is 248 g/mol. The fraction of sp³-hybridized carbons (Fsp3) is 0.417. The highest BCUT2D eigenvalue weighted by molar-refractivity contribution is 5.19. The van der Waals surface area contributed by atoms with Crippen LogP contribution < -0.4 is 0 Å². The predicted molar refractivity (Wildman–Crippen MR) is 64.7 cm³/mol. The molecular weight excluding hydrogens is 232 g/mol. The van der Waals surface area contributed by atoms with Crippen LogP contribution in [0.15, 0.2) is 30.3 Å². The summed E-state index contributed by atoms with van der Waals surface area (Å²) in [6, 6.07) is 9.58. The van der Waals surface area contributed by atoms with Crippen LogP contribution in [0.1, 0.15) is 17.5 Å². The molecule has 0 aliphatic heterocycles. The van der Waals surface area contributed by atoms with E-state index < -0.39 is 12.2 Å². The van der Waals surface area contributed by atoms with E-state index in [-0.39, 0.29) is 0 Å². The van der Waals surface area contributed by atoms with Gasteiger partial charge in [0.15, 0.2) is 5.82 Å². The lowest BCUT2D eigenvalue weighted by atomic mass is 10.0. The molecule has 0 saturated heterocycles. The Hall–Kier alpha value is -1.79. The highest BCUT2D eigenvalue weighted by atomic mass is 16.5. The summed E-state index contributed by atoms with van der Waals surface area (Å²) in [5.74, 6) is 0.503. The third-order valence-corrected chi connectivity index (χ3v) is 2.67. The highest BCUT2D eigenvalue weighted by Crippen LogP contribution is 2.21. The standard InChI is InChI=1S/C12H16N4O2/c1-16-14-11(13-15-16)8-10(17)12(18-2)9-6-4-3-5-7-9/h3-7,10,12,17H,8H2,1-2H3. The maximum Gasteiger partial charge on any atom is 0.177 e. The van der Waals surface area contributed by atoms with Gasteiger partial charge in [-0.15, -0.1) is 10.2 Å². The van der Waals surface area contributed by atoms with Crippen molar-refractivity contribution in [3.05, 3.63) is 41.7 Å². The van der Waals surface area contributed by atoms with Crippen LogP contribution in [-0.4, -0.2) is 38.5 Å². The number of ether oxygens (including phenoxy) is 1. The van der Waals surface area contributed by atoms with Gasteiger partial charge in [0.2, 0.25) is 0 Å². The minimum absolute atomic E-state index is 0.307. The van der Waals surface area contributed by atoms with E-state index in [2.05, 4.69) is 15.4 Å². The molecule has 0 spiro atoms. The largest absolute Gasteiger partial charge is 0.390 e. The average Bonchev–Trinajstić information content (AvgIpc) is 2.77. The smallest absolute Gasteiger partial charge is 0.177 e. The van der Waals surface area contributed by atoms with Crippen LogP contribution >= 0.6 is 0 Å². The fourth-order valence-corrected chi connectivity index (χ4v) is 1.86. The lowest BCUT2D eigenvalue weighted by molar-refractivity contribution is -0.0137. The van der Waals surface area contributed by atoms with Gasteiger partial charge in [0.1, 0.15) is 6.10 Å². The fourth-order valence-electron chi connectivity index (χ4n) is 1.86. The number of rotatable bonds is 5. The molecule has 1 N–H and O–H groups in total. The first kappa shape index (κ1) is 12.7. The summed E-state index contributed by atoms with van der Waals surface area (Å²) in [6.45, 7) is 0. The van der Waals surface area contributed by atoms with Crippen molar-refractivity contribution >= 4 is 0 Å². The minimum Gasteiger partial charge on any atom is -0.390 e. The van der Waals surface area contributed by atoms with Gasteiger partial charge in [-0.1, -0.05) is 30.3 Å². The maximum atomic E-state index is 10.2. The van der Waals surface area contributed by atoms with Crippen molar-refractivity contribution < 1.29 is 9.84 Å². The van der Waals surface area contributed by atoms with E-state index in [4.69, 9.17) is 4.74 Å². The molecule has 1 aromatic heterocycles. The van der Waals surface area contributed by atoms with Gasteiger partial charge in [0, 0.05) is 13.5 Å². The van der Waals surface area contributed by atoms with Crippen molar-refractivity contribution in [3.8, 4) is 0 Å². The minimum atomic E-state index is -0.707. The molecule has 0 radical (unpaired) electrons. The molecule has 2 aromatic rings. The zero-order valence-electron chi connectivity index (χ0n) is 10.4. The predicted octanol–water partition coefficient (Wildman–Crippen LogP) is 0.501. The Morgan fingerprint density at radius 1 is 1.33 bits per heavy atom. The molecule has 96 valence electrons. The second-order valence-corrected chi connectivity index (χ2v) is 4.03. The number of aliphatic hydroxyl groups excluding tert-OH is 1. The second kappa shape index (κ2) is 5.70. The van der Waals surface area contributed by atoms with Crippen molar-refractivity contribution in [2.75, 3.05) is 7.11 Å². The zero-order valence-corrected chi connectivity index (χ0v) is 10.4. The van der Waals surface area contributed by atoms with E-state index >= 15 is 0 Å². The van der Waals surface area contributed by atoms with E-state index in [0.717, 1.165) is 5.56 Å². The lowest BCUT2D eigenvalue weighted by Crippen LogP contribution is -2.23. The SMILES string of the molecule is COC(c1ccccc1)C(O)Cc1nnn(C)n1. The Morgan fingerprint density at radius 2 is 2.06 bits per heavy atom. The normalized spacial score (nSPS) is 14.4. The van der Waals surface area contributed by atoms with Crippen LogP contribution in [0.3, 0.4) is 0 Å². The van der Waals surface area contributed by atoms with E-state index in [1.165, 1.54) is 4.80 Å². The van der Waals surface area contributed by atoms with Crippen molar-refractivity contribution in [1.82, 2.24) is 20.2 Å². The third kappa shape index (κ3) is 2.91. The van der Waals surface area contributed by atoms with E-state index in [9.17, 15) is 5.11 Å². The van der Waals surface area contributed by atoms with Crippen molar-refractivity contribution in [3.63, 3.8) is 0 Å². The van der Waals surface area contributed by atoms with Gasteiger partial charge >= 0.3 is 0 Å². The quantitative estimate of drug-likeness (QED) is 0.834. The number of benzene rings is 1. The van der Waals surface area contributed by atoms with Crippen LogP contribution in [0.2, 0.25) is 0 Å². The molecule has 0 amide bonds. The Bertz CT molecular complexity index is 486. The molecule has 0 aliphatic rings. The number of methoxy groups -OCH3 is 1. The molecule has 0 saturated carbocycles. The van der Waals surface area contributed by atoms with Crippen LogP contribution in [0.4, 0.5) is 0 Å². The van der Waals surface area contributed by atoms with Crippen LogP contribution in [0.25, 0.3) is 0 Å². The Kier molecular flexibility index (Phi) is 4.01. The van der Waals surface area contributed by atoms with Gasteiger partial charge in [-0.2, -0.15) is 4.80 Å². The molecule has 0 bridgehead atoms. The highest BCUT2D eigenvalue weighted by Gasteiger charge is 2.22. The topological polar surface area (TPSA) is 73.1 Å². The molecule has 1 aromatic carbocycles. The summed E-state index contributed by atoms with van der Waals surface area (Å²) in [5, 5.41) is 21.8. The van der Waals surface area contributed by atoms with Crippen molar-refractivity contribution in [1.29, 1.82) is 0 Å². The summed E-state index contributed by atoms with van der Waals surface area (Å²) in [6.07, 6.45) is -0.794.